The minimum Gasteiger partial charge on any atom is -0.268 e. The Bertz CT molecular complexity index is 159. The van der Waals surface area contributed by atoms with Crippen LogP contribution in [0.1, 0.15) is 6.92 Å². The summed E-state index contributed by atoms with van der Waals surface area (Å²) in [5.41, 5.74) is 6.36. The van der Waals surface area contributed by atoms with Gasteiger partial charge < -0.3 is 0 Å². The molecule has 0 spiro atoms. The van der Waals surface area contributed by atoms with Crippen molar-refractivity contribution < 1.29 is 4.79 Å². The number of allylic oxidation sites excluding steroid dienone is 1. The van der Waals surface area contributed by atoms with Crippen LogP contribution in [-0.4, -0.2) is 5.91 Å². The second kappa shape index (κ2) is 3.94. The summed E-state index contributed by atoms with van der Waals surface area (Å²) < 4.78 is 0. The van der Waals surface area contributed by atoms with E-state index in [0.717, 1.165) is 6.08 Å². The van der Waals surface area contributed by atoms with E-state index in [1.54, 1.807) is 6.92 Å². The van der Waals surface area contributed by atoms with Gasteiger partial charge >= 0.3 is 0 Å². The van der Waals surface area contributed by atoms with E-state index in [2.05, 4.69) is 11.8 Å². The molecule has 0 aliphatic carbocycles. The third-order valence-corrected chi connectivity index (χ3v) is 0.462. The van der Waals surface area contributed by atoms with Crippen LogP contribution in [0.15, 0.2) is 12.2 Å². The maximum Gasteiger partial charge on any atom is 0.263 e. The SMILES string of the molecule is CC#C/C=C/C([NH])=O. The molecule has 1 N–H and O–H groups in total. The molecule has 2 heteroatoms. The molecule has 0 aliphatic rings. The topological polar surface area (TPSA) is 40.9 Å². The van der Waals surface area contributed by atoms with Crippen molar-refractivity contribution in [3.8, 4) is 11.8 Å². The van der Waals surface area contributed by atoms with Gasteiger partial charge in [-0.25, -0.2) is 0 Å². The fourth-order valence-electron chi connectivity index (χ4n) is 0.201. The van der Waals surface area contributed by atoms with Gasteiger partial charge in [-0.15, -0.1) is 5.92 Å². The van der Waals surface area contributed by atoms with Crippen LogP contribution >= 0.6 is 0 Å². The minimum absolute atomic E-state index is 0.715. The summed E-state index contributed by atoms with van der Waals surface area (Å²) in [6.07, 6.45) is 2.46. The van der Waals surface area contributed by atoms with Gasteiger partial charge in [0.05, 0.1) is 0 Å². The molecule has 1 amide bonds. The molecule has 0 atom stereocenters. The van der Waals surface area contributed by atoms with E-state index in [1.807, 2.05) is 0 Å². The highest BCUT2D eigenvalue weighted by atomic mass is 16.1. The van der Waals surface area contributed by atoms with Crippen molar-refractivity contribution in [1.29, 1.82) is 0 Å². The van der Waals surface area contributed by atoms with Crippen LogP contribution in [0.3, 0.4) is 0 Å². The maximum atomic E-state index is 9.83. The number of rotatable bonds is 1. The summed E-state index contributed by atoms with van der Waals surface area (Å²) in [4.78, 5) is 9.83. The quantitative estimate of drug-likeness (QED) is 0.353. The van der Waals surface area contributed by atoms with E-state index in [1.165, 1.54) is 6.08 Å². The molecule has 0 heterocycles. The summed E-state index contributed by atoms with van der Waals surface area (Å²) in [6.45, 7) is 1.67. The average molecular weight is 108 g/mol. The summed E-state index contributed by atoms with van der Waals surface area (Å²) in [5, 5.41) is 0. The third-order valence-electron chi connectivity index (χ3n) is 0.462. The zero-order chi connectivity index (χ0) is 6.41. The van der Waals surface area contributed by atoms with E-state index in [9.17, 15) is 4.79 Å². The molecule has 0 bridgehead atoms. The van der Waals surface area contributed by atoms with Crippen LogP contribution in [0, 0.1) is 11.8 Å². The van der Waals surface area contributed by atoms with Crippen molar-refractivity contribution in [2.75, 3.05) is 0 Å². The molecule has 0 aliphatic heterocycles. The summed E-state index contributed by atoms with van der Waals surface area (Å²) in [5.74, 6) is 4.34. The fourth-order valence-corrected chi connectivity index (χ4v) is 0.201. The third kappa shape index (κ3) is 4.77. The Morgan fingerprint density at radius 3 is 2.75 bits per heavy atom. The molecule has 8 heavy (non-hydrogen) atoms. The lowest BCUT2D eigenvalue weighted by Crippen LogP contribution is -1.88. The molecule has 0 saturated carbocycles. The van der Waals surface area contributed by atoms with Crippen molar-refractivity contribution in [2.24, 2.45) is 0 Å². The second-order valence-corrected chi connectivity index (χ2v) is 1.09. The predicted octanol–water partition coefficient (Wildman–Crippen LogP) is 0.375. The Morgan fingerprint density at radius 2 is 2.38 bits per heavy atom. The Kier molecular flexibility index (Phi) is 3.34. The Hall–Kier alpha value is -1.23. The van der Waals surface area contributed by atoms with Gasteiger partial charge in [0.2, 0.25) is 0 Å². The van der Waals surface area contributed by atoms with Crippen LogP contribution in [0.2, 0.25) is 0 Å². The maximum absolute atomic E-state index is 9.83. The van der Waals surface area contributed by atoms with Crippen LogP contribution in [0.4, 0.5) is 0 Å². The van der Waals surface area contributed by atoms with Crippen molar-refractivity contribution in [2.45, 2.75) is 6.92 Å². The molecule has 0 rings (SSSR count). The van der Waals surface area contributed by atoms with E-state index in [-0.39, 0.29) is 0 Å². The van der Waals surface area contributed by atoms with Gasteiger partial charge in [0.15, 0.2) is 0 Å². The number of hydrogen-bond acceptors (Lipinski definition) is 1. The first kappa shape index (κ1) is 6.77. The molecule has 0 unspecified atom stereocenters. The lowest BCUT2D eigenvalue weighted by Gasteiger charge is -1.68. The molecule has 0 aromatic rings. The van der Waals surface area contributed by atoms with E-state index >= 15 is 0 Å². The first-order valence-electron chi connectivity index (χ1n) is 2.11. The minimum atomic E-state index is -0.715. The van der Waals surface area contributed by atoms with Gasteiger partial charge in [-0.1, -0.05) is 5.92 Å². The summed E-state index contributed by atoms with van der Waals surface area (Å²) >= 11 is 0. The Balaban J connectivity index is 3.61. The van der Waals surface area contributed by atoms with Crippen molar-refractivity contribution >= 4 is 5.91 Å². The number of carbonyl (C=O) groups is 1. The van der Waals surface area contributed by atoms with Crippen molar-refractivity contribution in [1.82, 2.24) is 5.73 Å². The number of nitrogens with one attached hydrogen (secondary N) is 1. The normalized spacial score (nSPS) is 8.12. The lowest BCUT2D eigenvalue weighted by molar-refractivity contribution is -0.114. The molecule has 1 radical (unpaired) electrons. The van der Waals surface area contributed by atoms with Crippen LogP contribution in [0.5, 0.6) is 0 Å². The van der Waals surface area contributed by atoms with Crippen LogP contribution in [0.25, 0.3) is 0 Å². The molecule has 41 valence electrons. The standard InChI is InChI=1S/C6H6NO/c1-2-3-4-5-6(7)8/h4-5,7H,1H3/b5-4+. The van der Waals surface area contributed by atoms with Gasteiger partial charge in [-0.3, -0.25) is 10.5 Å². The Morgan fingerprint density at radius 1 is 1.75 bits per heavy atom. The van der Waals surface area contributed by atoms with Crippen molar-refractivity contribution in [3.63, 3.8) is 0 Å². The van der Waals surface area contributed by atoms with Gasteiger partial charge in [-0.2, -0.15) is 0 Å². The van der Waals surface area contributed by atoms with Gasteiger partial charge in [0.1, 0.15) is 0 Å². The fraction of sp³-hybridized carbons (Fsp3) is 0.167. The first-order chi connectivity index (χ1) is 3.77. The molecule has 0 aromatic carbocycles. The Labute approximate surface area is 48.4 Å². The molecule has 2 nitrogen and oxygen atoms in total. The highest BCUT2D eigenvalue weighted by Gasteiger charge is 1.77. The summed E-state index contributed by atoms with van der Waals surface area (Å²) in [7, 11) is 0. The number of carbonyl (C=O) groups excluding carboxylic acids is 1. The van der Waals surface area contributed by atoms with Gasteiger partial charge in [-0.05, 0) is 13.0 Å². The molecular formula is C6H6NO. The number of amides is 1. The van der Waals surface area contributed by atoms with Gasteiger partial charge in [0.25, 0.3) is 5.91 Å². The molecule has 0 fully saturated rings. The van der Waals surface area contributed by atoms with Crippen LogP contribution < -0.4 is 5.73 Å². The largest absolute Gasteiger partial charge is 0.268 e. The number of hydrogen-bond donors (Lipinski definition) is 0. The smallest absolute Gasteiger partial charge is 0.263 e. The monoisotopic (exact) mass is 108 g/mol. The summed E-state index contributed by atoms with van der Waals surface area (Å²) in [6, 6.07) is 0. The van der Waals surface area contributed by atoms with Crippen LogP contribution in [-0.2, 0) is 4.79 Å². The first-order valence-corrected chi connectivity index (χ1v) is 2.11. The predicted molar refractivity (Wildman–Crippen MR) is 30.7 cm³/mol. The highest BCUT2D eigenvalue weighted by molar-refractivity contribution is 5.85. The molecule has 0 saturated heterocycles. The zero-order valence-corrected chi connectivity index (χ0v) is 4.56. The van der Waals surface area contributed by atoms with Crippen molar-refractivity contribution in [3.05, 3.63) is 12.2 Å². The average Bonchev–Trinajstić information content (AvgIpc) is 1.66. The molecule has 0 aromatic heterocycles. The lowest BCUT2D eigenvalue weighted by atomic mass is 10.5. The van der Waals surface area contributed by atoms with E-state index < -0.39 is 5.91 Å². The highest BCUT2D eigenvalue weighted by Crippen LogP contribution is 1.66. The molecular weight excluding hydrogens is 102 g/mol. The second-order valence-electron chi connectivity index (χ2n) is 1.09. The van der Waals surface area contributed by atoms with E-state index in [4.69, 9.17) is 5.73 Å². The zero-order valence-electron chi connectivity index (χ0n) is 4.56. The van der Waals surface area contributed by atoms with E-state index in [0.29, 0.717) is 0 Å². The van der Waals surface area contributed by atoms with Gasteiger partial charge in [0, 0.05) is 6.08 Å².